The molecule has 0 aliphatic carbocycles. The van der Waals surface area contributed by atoms with Crippen molar-refractivity contribution in [2.24, 2.45) is 5.41 Å². The third kappa shape index (κ3) is 7.10. The summed E-state index contributed by atoms with van der Waals surface area (Å²) in [4.78, 5) is 10.6. The van der Waals surface area contributed by atoms with Crippen LogP contribution in [0.15, 0.2) is 17.5 Å². The Balaban J connectivity index is 4.35. The fraction of sp³-hybridized carbons (Fsp3) is 0.600. The Bertz CT molecular complexity index is 227. The van der Waals surface area contributed by atoms with E-state index >= 15 is 0 Å². The van der Waals surface area contributed by atoms with Crippen LogP contribution in [-0.4, -0.2) is 5.91 Å². The molecule has 12 heavy (non-hydrogen) atoms. The van der Waals surface area contributed by atoms with Crippen molar-refractivity contribution in [2.75, 3.05) is 0 Å². The highest BCUT2D eigenvalue weighted by molar-refractivity contribution is 5.74. The van der Waals surface area contributed by atoms with E-state index < -0.39 is 0 Å². The van der Waals surface area contributed by atoms with Crippen LogP contribution in [0.25, 0.3) is 0 Å². The van der Waals surface area contributed by atoms with Crippen molar-refractivity contribution in [3.8, 4) is 0 Å². The van der Waals surface area contributed by atoms with E-state index in [0.717, 1.165) is 5.70 Å². The first kappa shape index (κ1) is 11.0. The summed E-state index contributed by atoms with van der Waals surface area (Å²) in [6, 6.07) is 0. The molecule has 0 radical (unpaired) electrons. The van der Waals surface area contributed by atoms with Gasteiger partial charge in [-0.1, -0.05) is 20.8 Å². The fourth-order valence-corrected chi connectivity index (χ4v) is 0.625. The van der Waals surface area contributed by atoms with Crippen molar-refractivity contribution in [1.82, 2.24) is 5.32 Å². The van der Waals surface area contributed by atoms with Crippen molar-refractivity contribution < 1.29 is 4.79 Å². The van der Waals surface area contributed by atoms with Crippen LogP contribution < -0.4 is 5.32 Å². The summed E-state index contributed by atoms with van der Waals surface area (Å²) < 4.78 is 0. The van der Waals surface area contributed by atoms with Crippen LogP contribution in [-0.2, 0) is 4.79 Å². The van der Waals surface area contributed by atoms with Crippen LogP contribution in [0.4, 0.5) is 0 Å². The van der Waals surface area contributed by atoms with Crippen LogP contribution in [0, 0.1) is 5.41 Å². The molecular formula is C10H17NO. The Morgan fingerprint density at radius 2 is 1.83 bits per heavy atom. The lowest BCUT2D eigenvalue weighted by molar-refractivity contribution is -0.118. The zero-order valence-electron chi connectivity index (χ0n) is 8.49. The molecule has 0 unspecified atom stereocenters. The molecule has 2 nitrogen and oxygen atoms in total. The predicted molar refractivity (Wildman–Crippen MR) is 50.5 cm³/mol. The van der Waals surface area contributed by atoms with E-state index in [4.69, 9.17) is 0 Å². The summed E-state index contributed by atoms with van der Waals surface area (Å²) in [6.07, 6.45) is 1.94. The lowest BCUT2D eigenvalue weighted by Crippen LogP contribution is -2.16. The molecule has 2 heteroatoms. The predicted octanol–water partition coefficient (Wildman–Crippen LogP) is 2.23. The van der Waals surface area contributed by atoms with Crippen LogP contribution in [0.3, 0.4) is 0 Å². The second-order valence-electron chi connectivity index (χ2n) is 3.96. The summed E-state index contributed by atoms with van der Waals surface area (Å²) in [5.74, 6) is -0.0534. The maximum Gasteiger partial charge on any atom is 0.221 e. The topological polar surface area (TPSA) is 29.1 Å². The Morgan fingerprint density at radius 1 is 1.33 bits per heavy atom. The maximum absolute atomic E-state index is 10.6. The fourth-order valence-electron chi connectivity index (χ4n) is 0.625. The Hall–Kier alpha value is -1.01. The zero-order chi connectivity index (χ0) is 9.78. The van der Waals surface area contributed by atoms with Gasteiger partial charge in [0.2, 0.25) is 5.91 Å². The van der Waals surface area contributed by atoms with Gasteiger partial charge >= 0.3 is 0 Å². The normalized spacial score (nSPS) is 10.1. The van der Waals surface area contributed by atoms with Gasteiger partial charge in [0.05, 0.1) is 5.70 Å². The summed E-state index contributed by atoms with van der Waals surface area (Å²) in [5.41, 5.74) is 3.89. The Morgan fingerprint density at radius 3 is 2.17 bits per heavy atom. The summed E-state index contributed by atoms with van der Waals surface area (Å²) >= 11 is 0. The number of hydrogen-bond donors (Lipinski definition) is 1. The molecule has 0 fully saturated rings. The van der Waals surface area contributed by atoms with E-state index in [-0.39, 0.29) is 11.3 Å². The molecule has 0 aromatic heterocycles. The summed E-state index contributed by atoms with van der Waals surface area (Å²) in [5, 5.41) is 2.65. The molecule has 0 aliphatic heterocycles. The van der Waals surface area contributed by atoms with Gasteiger partial charge in [0.25, 0.3) is 0 Å². The van der Waals surface area contributed by atoms with Gasteiger partial charge in [0.1, 0.15) is 0 Å². The van der Waals surface area contributed by atoms with Crippen molar-refractivity contribution >= 4 is 5.91 Å². The summed E-state index contributed by atoms with van der Waals surface area (Å²) in [7, 11) is 0. The quantitative estimate of drug-likeness (QED) is 0.596. The third-order valence-corrected chi connectivity index (χ3v) is 1.09. The number of carbonyl (C=O) groups excluding carboxylic acids is 1. The summed E-state index contributed by atoms with van der Waals surface area (Å²) in [6.45, 7) is 9.56. The van der Waals surface area contributed by atoms with Gasteiger partial charge in [-0.25, -0.2) is 0 Å². The van der Waals surface area contributed by atoms with Crippen LogP contribution in [0.2, 0.25) is 0 Å². The van der Waals surface area contributed by atoms with Gasteiger partial charge in [-0.3, -0.25) is 4.79 Å². The van der Waals surface area contributed by atoms with E-state index in [1.165, 1.54) is 6.92 Å². The molecule has 1 amide bonds. The minimum absolute atomic E-state index is 0.0534. The van der Waals surface area contributed by atoms with Gasteiger partial charge in [-0.15, -0.1) is 5.73 Å². The van der Waals surface area contributed by atoms with Gasteiger partial charge in [-0.2, -0.15) is 0 Å². The number of allylic oxidation sites excluding steroid dienone is 1. The largest absolute Gasteiger partial charge is 0.323 e. The second kappa shape index (κ2) is 4.13. The molecule has 0 saturated carbocycles. The highest BCUT2D eigenvalue weighted by atomic mass is 16.1. The molecule has 1 N–H and O–H groups in total. The lowest BCUT2D eigenvalue weighted by Gasteiger charge is -2.09. The highest BCUT2D eigenvalue weighted by Crippen LogP contribution is 2.13. The molecule has 0 heterocycles. The number of amides is 1. The molecule has 0 rings (SSSR count). The van der Waals surface area contributed by atoms with Gasteiger partial charge in [-0.05, 0) is 18.4 Å². The van der Waals surface area contributed by atoms with Gasteiger partial charge in [0, 0.05) is 6.92 Å². The maximum atomic E-state index is 10.6. The average molecular weight is 167 g/mol. The monoisotopic (exact) mass is 167 g/mol. The Kier molecular flexibility index (Phi) is 3.78. The molecule has 0 aromatic carbocycles. The first-order chi connectivity index (χ1) is 5.31. The number of hydrogen-bond acceptors (Lipinski definition) is 1. The molecule has 0 saturated heterocycles. The molecule has 0 bridgehead atoms. The van der Waals surface area contributed by atoms with Crippen LogP contribution in [0.1, 0.15) is 34.6 Å². The van der Waals surface area contributed by atoms with Crippen LogP contribution >= 0.6 is 0 Å². The number of nitrogens with one attached hydrogen (secondary N) is 1. The first-order valence-corrected chi connectivity index (χ1v) is 4.03. The zero-order valence-corrected chi connectivity index (χ0v) is 8.49. The third-order valence-electron chi connectivity index (χ3n) is 1.09. The van der Waals surface area contributed by atoms with Crippen molar-refractivity contribution in [2.45, 2.75) is 34.6 Å². The average Bonchev–Trinajstić information content (AvgIpc) is 1.80. The number of carbonyl (C=O) groups is 1. The van der Waals surface area contributed by atoms with Gasteiger partial charge in [0.15, 0.2) is 0 Å². The van der Waals surface area contributed by atoms with Gasteiger partial charge < -0.3 is 5.32 Å². The van der Waals surface area contributed by atoms with E-state index in [1.807, 2.05) is 13.0 Å². The standard InChI is InChI=1S/C10H17NO/c1-8(11-9(2)12)6-7-10(3,4)5/h7H,1-5H3,(H,11,12). The first-order valence-electron chi connectivity index (χ1n) is 4.03. The van der Waals surface area contributed by atoms with Crippen LogP contribution in [0.5, 0.6) is 0 Å². The minimum Gasteiger partial charge on any atom is -0.323 e. The molecule has 0 aliphatic rings. The highest BCUT2D eigenvalue weighted by Gasteiger charge is 2.02. The SMILES string of the molecule is CC(=O)NC(C)=C=CC(C)(C)C. The van der Waals surface area contributed by atoms with E-state index in [1.54, 1.807) is 0 Å². The van der Waals surface area contributed by atoms with E-state index in [2.05, 4.69) is 31.8 Å². The second-order valence-corrected chi connectivity index (χ2v) is 3.96. The van der Waals surface area contributed by atoms with E-state index in [0.29, 0.717) is 0 Å². The van der Waals surface area contributed by atoms with Crippen molar-refractivity contribution in [3.05, 3.63) is 17.5 Å². The number of rotatable bonds is 1. The van der Waals surface area contributed by atoms with Crippen molar-refractivity contribution in [1.29, 1.82) is 0 Å². The van der Waals surface area contributed by atoms with E-state index in [9.17, 15) is 4.79 Å². The molecule has 0 atom stereocenters. The lowest BCUT2D eigenvalue weighted by atomic mass is 9.97. The molecular weight excluding hydrogens is 150 g/mol. The molecule has 0 spiro atoms. The molecule has 68 valence electrons. The molecule has 0 aromatic rings. The smallest absolute Gasteiger partial charge is 0.221 e. The minimum atomic E-state index is -0.0534. The van der Waals surface area contributed by atoms with Crippen molar-refractivity contribution in [3.63, 3.8) is 0 Å². The Labute approximate surface area is 74.4 Å².